The number of hydrogen-bond acceptors (Lipinski definition) is 4. The summed E-state index contributed by atoms with van der Waals surface area (Å²) in [6.45, 7) is 4.08. The second-order valence-electron chi connectivity index (χ2n) is 6.35. The van der Waals surface area contributed by atoms with E-state index in [-0.39, 0.29) is 12.2 Å². The van der Waals surface area contributed by atoms with Gasteiger partial charge in [-0.2, -0.15) is 9.50 Å². The summed E-state index contributed by atoms with van der Waals surface area (Å²) >= 11 is 0. The van der Waals surface area contributed by atoms with Gasteiger partial charge >= 0.3 is 0 Å². The number of aromatic amines is 1. The van der Waals surface area contributed by atoms with Crippen molar-refractivity contribution in [2.45, 2.75) is 26.9 Å². The first-order valence-corrected chi connectivity index (χ1v) is 8.91. The fourth-order valence-electron chi connectivity index (χ4n) is 2.88. The van der Waals surface area contributed by atoms with Crippen LogP contribution in [0.5, 0.6) is 5.75 Å². The molecule has 0 saturated carbocycles. The molecule has 4 rings (SSSR count). The normalized spacial score (nSPS) is 11.0. The Bertz CT molecular complexity index is 1130. The van der Waals surface area contributed by atoms with Crippen molar-refractivity contribution in [1.29, 1.82) is 0 Å². The Morgan fingerprint density at radius 3 is 2.48 bits per heavy atom. The summed E-state index contributed by atoms with van der Waals surface area (Å²) in [5.41, 5.74) is 3.11. The fourth-order valence-corrected chi connectivity index (χ4v) is 2.88. The maximum absolute atomic E-state index is 12.7. The average molecular weight is 360 g/mol. The maximum Gasteiger partial charge on any atom is 0.277 e. The fraction of sp³-hybridized carbons (Fsp3) is 0.190. The van der Waals surface area contributed by atoms with E-state index in [1.807, 2.05) is 54.6 Å². The standard InChI is InChI=1S/C21H20N4O2/c1-3-15-9-11-17(12-10-15)27-13-18-14(2)20(26)25-21(22-18)23-19(24-25)16-7-5-4-6-8-16/h4-12H,3,13H2,1-2H3,(H,22,23,24). The molecule has 4 aromatic rings. The number of H-pyrrole nitrogens is 1. The molecule has 2 aromatic carbocycles. The molecule has 0 unspecified atom stereocenters. The van der Waals surface area contributed by atoms with Gasteiger partial charge in [-0.15, -0.1) is 0 Å². The van der Waals surface area contributed by atoms with Crippen LogP contribution in [0.25, 0.3) is 17.2 Å². The molecule has 0 aliphatic heterocycles. The zero-order valence-electron chi connectivity index (χ0n) is 15.3. The van der Waals surface area contributed by atoms with Gasteiger partial charge in [0.25, 0.3) is 11.3 Å². The van der Waals surface area contributed by atoms with Crippen LogP contribution in [-0.4, -0.2) is 19.6 Å². The molecule has 0 aliphatic carbocycles. The third kappa shape index (κ3) is 3.33. The topological polar surface area (TPSA) is 72.3 Å². The highest BCUT2D eigenvalue weighted by molar-refractivity contribution is 5.56. The van der Waals surface area contributed by atoms with Gasteiger partial charge in [-0.1, -0.05) is 49.4 Å². The molecule has 0 amide bonds. The summed E-state index contributed by atoms with van der Waals surface area (Å²) < 4.78 is 7.19. The Balaban J connectivity index is 1.65. The quantitative estimate of drug-likeness (QED) is 0.591. The van der Waals surface area contributed by atoms with Crippen LogP contribution in [0.15, 0.2) is 59.4 Å². The van der Waals surface area contributed by atoms with Crippen molar-refractivity contribution in [1.82, 2.24) is 19.6 Å². The monoisotopic (exact) mass is 360 g/mol. The van der Waals surface area contributed by atoms with Gasteiger partial charge in [0.05, 0.1) is 5.69 Å². The molecule has 0 atom stereocenters. The minimum atomic E-state index is -0.172. The van der Waals surface area contributed by atoms with E-state index in [1.165, 1.54) is 10.1 Å². The van der Waals surface area contributed by atoms with Crippen molar-refractivity contribution in [2.24, 2.45) is 0 Å². The first-order chi connectivity index (χ1) is 13.2. The zero-order chi connectivity index (χ0) is 18.8. The summed E-state index contributed by atoms with van der Waals surface area (Å²) in [4.78, 5) is 21.7. The van der Waals surface area contributed by atoms with Crippen molar-refractivity contribution >= 4 is 5.78 Å². The number of aryl methyl sites for hydroxylation is 1. The predicted molar refractivity (Wildman–Crippen MR) is 104 cm³/mol. The van der Waals surface area contributed by atoms with E-state index in [4.69, 9.17) is 4.74 Å². The first-order valence-electron chi connectivity index (χ1n) is 8.91. The Hall–Kier alpha value is -3.41. The van der Waals surface area contributed by atoms with E-state index in [0.717, 1.165) is 17.7 Å². The SMILES string of the molecule is CCc1ccc(OCc2nc3nc(-c4ccccc4)[nH]n3c(=O)c2C)cc1. The number of nitrogens with zero attached hydrogens (tertiary/aromatic N) is 3. The molecule has 6 nitrogen and oxygen atoms in total. The number of rotatable bonds is 5. The van der Waals surface area contributed by atoms with Gasteiger partial charge in [0.1, 0.15) is 12.4 Å². The van der Waals surface area contributed by atoms with Crippen molar-refractivity contribution in [2.75, 3.05) is 0 Å². The summed E-state index contributed by atoms with van der Waals surface area (Å²) in [5.74, 6) is 1.69. The van der Waals surface area contributed by atoms with Gasteiger partial charge in [0.15, 0.2) is 5.82 Å². The van der Waals surface area contributed by atoms with E-state index < -0.39 is 0 Å². The molecular weight excluding hydrogens is 340 g/mol. The molecule has 0 bridgehead atoms. The van der Waals surface area contributed by atoms with Crippen molar-refractivity contribution in [3.05, 3.63) is 81.8 Å². The van der Waals surface area contributed by atoms with Crippen LogP contribution in [0.4, 0.5) is 0 Å². The lowest BCUT2D eigenvalue weighted by molar-refractivity contribution is 0.300. The second-order valence-corrected chi connectivity index (χ2v) is 6.35. The van der Waals surface area contributed by atoms with Crippen molar-refractivity contribution in [3.63, 3.8) is 0 Å². The summed E-state index contributed by atoms with van der Waals surface area (Å²) in [6.07, 6.45) is 0.983. The van der Waals surface area contributed by atoms with Crippen LogP contribution in [0.2, 0.25) is 0 Å². The van der Waals surface area contributed by atoms with Gasteiger partial charge in [0, 0.05) is 11.1 Å². The van der Waals surface area contributed by atoms with Crippen molar-refractivity contribution < 1.29 is 4.74 Å². The molecule has 0 spiro atoms. The lowest BCUT2D eigenvalue weighted by atomic mass is 10.2. The Kier molecular flexibility index (Phi) is 4.46. The van der Waals surface area contributed by atoms with Gasteiger partial charge in [-0.25, -0.2) is 4.98 Å². The van der Waals surface area contributed by atoms with Crippen molar-refractivity contribution in [3.8, 4) is 17.1 Å². The van der Waals surface area contributed by atoms with E-state index in [0.29, 0.717) is 22.9 Å². The van der Waals surface area contributed by atoms with Crippen LogP contribution in [0.3, 0.4) is 0 Å². The average Bonchev–Trinajstić information content (AvgIpc) is 3.15. The number of benzene rings is 2. The van der Waals surface area contributed by atoms with Gasteiger partial charge < -0.3 is 4.74 Å². The van der Waals surface area contributed by atoms with E-state index in [1.54, 1.807) is 6.92 Å². The van der Waals surface area contributed by atoms with E-state index in [2.05, 4.69) is 22.0 Å². The third-order valence-corrected chi connectivity index (χ3v) is 4.58. The van der Waals surface area contributed by atoms with Gasteiger partial charge in [0.2, 0.25) is 0 Å². The smallest absolute Gasteiger partial charge is 0.277 e. The summed E-state index contributed by atoms with van der Waals surface area (Å²) in [6, 6.07) is 17.6. The van der Waals surface area contributed by atoms with Crippen LogP contribution >= 0.6 is 0 Å². The highest BCUT2D eigenvalue weighted by atomic mass is 16.5. The number of ether oxygens (including phenoxy) is 1. The number of fused-ring (bicyclic) bond motifs is 1. The zero-order valence-corrected chi connectivity index (χ0v) is 15.3. The third-order valence-electron chi connectivity index (χ3n) is 4.58. The summed E-state index contributed by atoms with van der Waals surface area (Å²) in [5, 5.41) is 3.02. The van der Waals surface area contributed by atoms with Crippen LogP contribution < -0.4 is 10.3 Å². The molecule has 136 valence electrons. The molecular formula is C21H20N4O2. The van der Waals surface area contributed by atoms with Gasteiger partial charge in [-0.05, 0) is 31.0 Å². The number of hydrogen-bond donors (Lipinski definition) is 1. The van der Waals surface area contributed by atoms with Crippen LogP contribution in [0, 0.1) is 6.92 Å². The molecule has 0 radical (unpaired) electrons. The predicted octanol–water partition coefficient (Wildman–Crippen LogP) is 3.53. The lowest BCUT2D eigenvalue weighted by Crippen LogP contribution is -2.21. The second kappa shape index (κ2) is 7.07. The highest BCUT2D eigenvalue weighted by Gasteiger charge is 2.14. The number of aromatic nitrogens is 4. The summed E-state index contributed by atoms with van der Waals surface area (Å²) in [7, 11) is 0. The largest absolute Gasteiger partial charge is 0.487 e. The van der Waals surface area contributed by atoms with Gasteiger partial charge in [-0.3, -0.25) is 9.89 Å². The molecule has 0 fully saturated rings. The minimum Gasteiger partial charge on any atom is -0.487 e. The maximum atomic E-state index is 12.7. The lowest BCUT2D eigenvalue weighted by Gasteiger charge is -2.08. The minimum absolute atomic E-state index is 0.172. The molecule has 2 aromatic heterocycles. The molecule has 1 N–H and O–H groups in total. The van der Waals surface area contributed by atoms with Crippen LogP contribution in [-0.2, 0) is 13.0 Å². The molecule has 0 saturated heterocycles. The molecule has 2 heterocycles. The Morgan fingerprint density at radius 1 is 1.04 bits per heavy atom. The molecule has 27 heavy (non-hydrogen) atoms. The first kappa shape index (κ1) is 17.0. The van der Waals surface area contributed by atoms with E-state index >= 15 is 0 Å². The Labute approximate surface area is 156 Å². The molecule has 6 heteroatoms. The molecule has 0 aliphatic rings. The van der Waals surface area contributed by atoms with Crippen LogP contribution in [0.1, 0.15) is 23.7 Å². The van der Waals surface area contributed by atoms with E-state index in [9.17, 15) is 4.79 Å². The highest BCUT2D eigenvalue weighted by Crippen LogP contribution is 2.17. The Morgan fingerprint density at radius 2 is 1.78 bits per heavy atom. The number of nitrogens with one attached hydrogen (secondary N) is 1.